The van der Waals surface area contributed by atoms with Gasteiger partial charge >= 0.3 is 6.09 Å². The number of carboxylic acid groups (broad SMARTS) is 1. The van der Waals surface area contributed by atoms with Crippen LogP contribution in [0.25, 0.3) is 0 Å². The van der Waals surface area contributed by atoms with Gasteiger partial charge in [-0.15, -0.1) is 0 Å². The molecule has 0 unspecified atom stereocenters. The van der Waals surface area contributed by atoms with E-state index >= 15 is 0 Å². The molecule has 2 heterocycles. The quantitative estimate of drug-likeness (QED) is 0.847. The highest BCUT2D eigenvalue weighted by atomic mass is 79.9. The van der Waals surface area contributed by atoms with Crippen molar-refractivity contribution in [3.8, 4) is 0 Å². The van der Waals surface area contributed by atoms with E-state index in [9.17, 15) is 9.59 Å². The van der Waals surface area contributed by atoms with Crippen LogP contribution in [0.3, 0.4) is 0 Å². The lowest BCUT2D eigenvalue weighted by Crippen LogP contribution is -2.37. The van der Waals surface area contributed by atoms with Crippen molar-refractivity contribution in [3.63, 3.8) is 0 Å². The van der Waals surface area contributed by atoms with E-state index < -0.39 is 6.09 Å². The second-order valence-corrected chi connectivity index (χ2v) is 6.93. The highest BCUT2D eigenvalue weighted by molar-refractivity contribution is 9.10. The van der Waals surface area contributed by atoms with Crippen molar-refractivity contribution >= 4 is 33.6 Å². The van der Waals surface area contributed by atoms with Gasteiger partial charge in [-0.3, -0.25) is 9.78 Å². The Bertz CT molecular complexity index is 752. The molecule has 0 saturated carbocycles. The predicted octanol–water partition coefficient (Wildman–Crippen LogP) is 3.49. The predicted molar refractivity (Wildman–Crippen MR) is 97.8 cm³/mol. The summed E-state index contributed by atoms with van der Waals surface area (Å²) in [5, 5.41) is 9.13. The van der Waals surface area contributed by atoms with Crippen molar-refractivity contribution in [2.75, 3.05) is 24.5 Å². The maximum Gasteiger partial charge on any atom is 0.407 e. The van der Waals surface area contributed by atoms with Gasteiger partial charge in [0.15, 0.2) is 0 Å². The molecule has 0 radical (unpaired) electrons. The summed E-state index contributed by atoms with van der Waals surface area (Å²) >= 11 is 3.37. The molecule has 6 nitrogen and oxygen atoms in total. The van der Waals surface area contributed by atoms with Gasteiger partial charge in [0.2, 0.25) is 0 Å². The Hall–Kier alpha value is -2.41. The van der Waals surface area contributed by atoms with Crippen molar-refractivity contribution in [3.05, 3.63) is 58.8 Å². The molecule has 25 heavy (non-hydrogen) atoms. The Balaban J connectivity index is 1.82. The maximum atomic E-state index is 13.0. The number of hydrogen-bond donors (Lipinski definition) is 1. The molecule has 7 heteroatoms. The first kappa shape index (κ1) is 17.4. The van der Waals surface area contributed by atoms with Gasteiger partial charge in [-0.05, 0) is 48.7 Å². The van der Waals surface area contributed by atoms with E-state index in [4.69, 9.17) is 5.11 Å². The Morgan fingerprint density at radius 1 is 1.28 bits per heavy atom. The van der Waals surface area contributed by atoms with Gasteiger partial charge in [-0.2, -0.15) is 0 Å². The average Bonchev–Trinajstić information content (AvgIpc) is 3.09. The van der Waals surface area contributed by atoms with E-state index in [1.165, 1.54) is 4.90 Å². The van der Waals surface area contributed by atoms with Crippen molar-refractivity contribution in [2.24, 2.45) is 5.92 Å². The summed E-state index contributed by atoms with van der Waals surface area (Å²) in [4.78, 5) is 31.3. The summed E-state index contributed by atoms with van der Waals surface area (Å²) < 4.78 is 0.907. The second-order valence-electron chi connectivity index (χ2n) is 6.02. The number of anilines is 1. The minimum absolute atomic E-state index is 0.107. The fourth-order valence-electron chi connectivity index (χ4n) is 2.98. The van der Waals surface area contributed by atoms with Crippen molar-refractivity contribution < 1.29 is 14.7 Å². The highest BCUT2D eigenvalue weighted by Gasteiger charge is 2.29. The zero-order valence-corrected chi connectivity index (χ0v) is 15.1. The van der Waals surface area contributed by atoms with E-state index in [0.29, 0.717) is 30.9 Å². The van der Waals surface area contributed by atoms with Crippen LogP contribution in [0.2, 0.25) is 0 Å². The molecule has 0 spiro atoms. The smallest absolute Gasteiger partial charge is 0.407 e. The van der Waals surface area contributed by atoms with Crippen LogP contribution in [0.1, 0.15) is 16.8 Å². The summed E-state index contributed by atoms with van der Waals surface area (Å²) in [5.41, 5.74) is 1.30. The lowest BCUT2D eigenvalue weighted by atomic mass is 10.1. The first-order chi connectivity index (χ1) is 12.0. The largest absolute Gasteiger partial charge is 0.465 e. The zero-order chi connectivity index (χ0) is 17.8. The first-order valence-corrected chi connectivity index (χ1v) is 8.79. The fourth-order valence-corrected chi connectivity index (χ4v) is 3.25. The van der Waals surface area contributed by atoms with Gasteiger partial charge < -0.3 is 14.9 Å². The molecule has 1 saturated heterocycles. The van der Waals surface area contributed by atoms with Crippen molar-refractivity contribution in [2.45, 2.75) is 6.42 Å². The molecule has 3 rings (SSSR count). The third kappa shape index (κ3) is 4.17. The van der Waals surface area contributed by atoms with Gasteiger partial charge in [-0.1, -0.05) is 15.9 Å². The van der Waals surface area contributed by atoms with Crippen molar-refractivity contribution in [1.29, 1.82) is 0 Å². The zero-order valence-electron chi connectivity index (χ0n) is 13.5. The Kier molecular flexibility index (Phi) is 5.33. The van der Waals surface area contributed by atoms with Gasteiger partial charge in [0.05, 0.1) is 11.9 Å². The van der Waals surface area contributed by atoms with Crippen LogP contribution >= 0.6 is 15.9 Å². The van der Waals surface area contributed by atoms with Gasteiger partial charge in [0, 0.05) is 35.9 Å². The van der Waals surface area contributed by atoms with E-state index in [1.54, 1.807) is 35.5 Å². The first-order valence-electron chi connectivity index (χ1n) is 8.00. The number of aromatic nitrogens is 1. The second kappa shape index (κ2) is 7.65. The lowest BCUT2D eigenvalue weighted by Gasteiger charge is -2.25. The third-order valence-corrected chi connectivity index (χ3v) is 4.82. The summed E-state index contributed by atoms with van der Waals surface area (Å²) in [5.74, 6) is -0.00928. The molecular weight excluding hydrogens is 386 g/mol. The van der Waals surface area contributed by atoms with Gasteiger partial charge in [-0.25, -0.2) is 4.79 Å². The summed E-state index contributed by atoms with van der Waals surface area (Å²) in [7, 11) is 0. The molecule has 1 aliphatic heterocycles. The number of rotatable bonds is 4. The van der Waals surface area contributed by atoms with Gasteiger partial charge in [0.1, 0.15) is 0 Å². The van der Waals surface area contributed by atoms with E-state index in [0.717, 1.165) is 10.9 Å². The molecule has 1 aromatic heterocycles. The Morgan fingerprint density at radius 3 is 2.64 bits per heavy atom. The monoisotopic (exact) mass is 403 g/mol. The number of pyridine rings is 1. The molecule has 1 aliphatic rings. The Labute approximate surface area is 154 Å². The third-order valence-electron chi connectivity index (χ3n) is 4.29. The number of benzene rings is 1. The number of carbonyl (C=O) groups excluding carboxylic acids is 1. The SMILES string of the molecule is O=C(O)N1CC[C@@H](CN(C(=O)c2ccc(Br)cc2)c2cccnc2)C1. The van der Waals surface area contributed by atoms with Crippen LogP contribution in [-0.2, 0) is 0 Å². The van der Waals surface area contributed by atoms with Gasteiger partial charge in [0.25, 0.3) is 5.91 Å². The van der Waals surface area contributed by atoms with Crippen LogP contribution in [0, 0.1) is 5.92 Å². The lowest BCUT2D eigenvalue weighted by molar-refractivity contribution is 0.0983. The van der Waals surface area contributed by atoms with E-state index in [-0.39, 0.29) is 11.8 Å². The molecule has 1 N–H and O–H groups in total. The van der Waals surface area contributed by atoms with Crippen LogP contribution in [0.4, 0.5) is 10.5 Å². The minimum Gasteiger partial charge on any atom is -0.465 e. The van der Waals surface area contributed by atoms with E-state index in [1.807, 2.05) is 18.2 Å². The summed E-state index contributed by atoms with van der Waals surface area (Å²) in [6.07, 6.45) is 3.15. The van der Waals surface area contributed by atoms with Crippen molar-refractivity contribution in [1.82, 2.24) is 9.88 Å². The number of amides is 2. The standard InChI is InChI=1S/C18H18BrN3O3/c19-15-5-3-14(4-6-15)17(23)22(16-2-1-8-20-10-16)12-13-7-9-21(11-13)18(24)25/h1-6,8,10,13H,7,9,11-12H2,(H,24,25)/t13-/m1/s1. The number of nitrogens with zero attached hydrogens (tertiary/aromatic N) is 3. The number of hydrogen-bond acceptors (Lipinski definition) is 3. The summed E-state index contributed by atoms with van der Waals surface area (Å²) in [6, 6.07) is 10.8. The molecule has 1 aromatic carbocycles. The fraction of sp³-hybridized carbons (Fsp3) is 0.278. The molecule has 1 fully saturated rings. The Morgan fingerprint density at radius 2 is 2.04 bits per heavy atom. The van der Waals surface area contributed by atoms with E-state index in [2.05, 4.69) is 20.9 Å². The highest BCUT2D eigenvalue weighted by Crippen LogP contribution is 2.23. The summed E-state index contributed by atoms with van der Waals surface area (Å²) in [6.45, 7) is 1.41. The molecule has 2 amide bonds. The topological polar surface area (TPSA) is 73.7 Å². The average molecular weight is 404 g/mol. The molecule has 130 valence electrons. The number of carbonyl (C=O) groups is 2. The normalized spacial score (nSPS) is 16.7. The number of halogens is 1. The molecule has 1 atom stereocenters. The van der Waals surface area contributed by atoms with Crippen LogP contribution in [0.15, 0.2) is 53.3 Å². The molecule has 2 aromatic rings. The number of likely N-dealkylation sites (tertiary alicyclic amines) is 1. The molecule has 0 bridgehead atoms. The minimum atomic E-state index is -0.908. The molecule has 0 aliphatic carbocycles. The molecular formula is C18H18BrN3O3. The maximum absolute atomic E-state index is 13.0. The van der Waals surface area contributed by atoms with Crippen LogP contribution < -0.4 is 4.90 Å². The van der Waals surface area contributed by atoms with Crippen LogP contribution in [-0.4, -0.2) is 46.6 Å². The van der Waals surface area contributed by atoms with Crippen LogP contribution in [0.5, 0.6) is 0 Å².